The van der Waals surface area contributed by atoms with Crippen molar-refractivity contribution in [2.45, 2.75) is 51.5 Å². The lowest BCUT2D eigenvalue weighted by atomic mass is 9.67. The van der Waals surface area contributed by atoms with Crippen LogP contribution in [0, 0.1) is 5.41 Å². The predicted molar refractivity (Wildman–Crippen MR) is 79.1 cm³/mol. The van der Waals surface area contributed by atoms with Gasteiger partial charge in [0.15, 0.2) is 0 Å². The first-order valence-electron chi connectivity index (χ1n) is 7.30. The Bertz CT molecular complexity index is 421. The molecule has 0 spiro atoms. The van der Waals surface area contributed by atoms with Gasteiger partial charge in [0.25, 0.3) is 0 Å². The van der Waals surface area contributed by atoms with Gasteiger partial charge in [0.1, 0.15) is 6.04 Å². The number of rotatable bonds is 4. The number of nitrogens with two attached hydrogens (primary N) is 1. The van der Waals surface area contributed by atoms with Gasteiger partial charge in [-0.2, -0.15) is 0 Å². The fraction of sp³-hybridized carbons (Fsp3) is 0.786. The third-order valence-corrected chi connectivity index (χ3v) is 4.80. The van der Waals surface area contributed by atoms with Gasteiger partial charge in [0, 0.05) is 6.54 Å². The molecule has 1 aliphatic carbocycles. The zero-order chi connectivity index (χ0) is 14.8. The Labute approximate surface area is 124 Å². The van der Waals surface area contributed by atoms with Crippen LogP contribution >= 0.6 is 12.2 Å². The van der Waals surface area contributed by atoms with Gasteiger partial charge in [0.05, 0.1) is 17.0 Å². The molecular formula is C14H22N2O3S. The van der Waals surface area contributed by atoms with Crippen LogP contribution in [0.3, 0.4) is 0 Å². The SMILES string of the molecule is CCOC(=O)C1CCCCN1C(=O)C1(C(N)=S)CCC1. The number of nitrogens with zero attached hydrogens (tertiary/aromatic N) is 1. The van der Waals surface area contributed by atoms with Gasteiger partial charge < -0.3 is 15.4 Å². The molecule has 0 aromatic rings. The lowest BCUT2D eigenvalue weighted by Crippen LogP contribution is -2.59. The number of thiocarbonyl (C=S) groups is 1. The van der Waals surface area contributed by atoms with Crippen LogP contribution in [-0.2, 0) is 14.3 Å². The van der Waals surface area contributed by atoms with Crippen LogP contribution in [-0.4, -0.2) is 41.0 Å². The zero-order valence-electron chi connectivity index (χ0n) is 11.9. The Hall–Kier alpha value is -1.17. The quantitative estimate of drug-likeness (QED) is 0.627. The van der Waals surface area contributed by atoms with Crippen LogP contribution in [0.1, 0.15) is 45.4 Å². The lowest BCUT2D eigenvalue weighted by Gasteiger charge is -2.45. The summed E-state index contributed by atoms with van der Waals surface area (Å²) in [5, 5.41) is 0. The number of piperidine rings is 1. The van der Waals surface area contributed by atoms with Gasteiger partial charge >= 0.3 is 5.97 Å². The average Bonchev–Trinajstić information content (AvgIpc) is 2.37. The van der Waals surface area contributed by atoms with Gasteiger partial charge in [-0.05, 0) is 39.0 Å². The third kappa shape index (κ3) is 2.53. The summed E-state index contributed by atoms with van der Waals surface area (Å²) in [7, 11) is 0. The molecule has 1 saturated heterocycles. The third-order valence-electron chi connectivity index (χ3n) is 4.41. The first-order chi connectivity index (χ1) is 9.53. The van der Waals surface area contributed by atoms with E-state index in [1.54, 1.807) is 11.8 Å². The summed E-state index contributed by atoms with van der Waals surface area (Å²) >= 11 is 5.10. The number of hydrogen-bond donors (Lipinski definition) is 1. The minimum Gasteiger partial charge on any atom is -0.464 e. The van der Waals surface area contributed by atoms with Gasteiger partial charge in [-0.1, -0.05) is 18.6 Å². The first kappa shape index (κ1) is 15.2. The van der Waals surface area contributed by atoms with Crippen molar-refractivity contribution < 1.29 is 14.3 Å². The van der Waals surface area contributed by atoms with E-state index in [-0.39, 0.29) is 16.9 Å². The highest BCUT2D eigenvalue weighted by atomic mass is 32.1. The molecule has 0 aromatic carbocycles. The number of carbonyl (C=O) groups excluding carboxylic acids is 2. The van der Waals surface area contributed by atoms with E-state index in [2.05, 4.69) is 0 Å². The summed E-state index contributed by atoms with van der Waals surface area (Å²) < 4.78 is 5.09. The van der Waals surface area contributed by atoms with Crippen LogP contribution < -0.4 is 5.73 Å². The Balaban J connectivity index is 2.17. The van der Waals surface area contributed by atoms with E-state index in [1.165, 1.54) is 0 Å². The molecule has 1 aliphatic heterocycles. The average molecular weight is 298 g/mol. The minimum absolute atomic E-state index is 0.0750. The molecule has 20 heavy (non-hydrogen) atoms. The van der Waals surface area contributed by atoms with Crippen molar-refractivity contribution in [1.82, 2.24) is 4.90 Å². The number of hydrogen-bond acceptors (Lipinski definition) is 4. The fourth-order valence-electron chi connectivity index (χ4n) is 3.03. The van der Waals surface area contributed by atoms with E-state index in [0.717, 1.165) is 19.3 Å². The number of carbonyl (C=O) groups is 2. The fourth-order valence-corrected chi connectivity index (χ4v) is 3.32. The maximum atomic E-state index is 12.8. The Kier molecular flexibility index (Phi) is 4.62. The molecule has 0 radical (unpaired) electrons. The highest BCUT2D eigenvalue weighted by Crippen LogP contribution is 2.44. The highest BCUT2D eigenvalue weighted by molar-refractivity contribution is 7.80. The molecule has 1 heterocycles. The van der Waals surface area contributed by atoms with E-state index in [0.29, 0.717) is 32.4 Å². The number of amides is 1. The topological polar surface area (TPSA) is 72.6 Å². The second-order valence-corrected chi connectivity index (χ2v) is 6.00. The van der Waals surface area contributed by atoms with E-state index in [1.807, 2.05) is 0 Å². The minimum atomic E-state index is -0.711. The Morgan fingerprint density at radius 1 is 1.35 bits per heavy atom. The standard InChI is InChI=1S/C14H22N2O3S/c1-2-19-11(17)10-6-3-4-9-16(10)13(18)14(12(15)20)7-5-8-14/h10H,2-9H2,1H3,(H2,15,20). The van der Waals surface area contributed by atoms with E-state index in [9.17, 15) is 9.59 Å². The second kappa shape index (κ2) is 6.08. The molecule has 1 saturated carbocycles. The van der Waals surface area contributed by atoms with Crippen molar-refractivity contribution >= 4 is 29.1 Å². The van der Waals surface area contributed by atoms with Gasteiger partial charge in [0.2, 0.25) is 5.91 Å². The maximum Gasteiger partial charge on any atom is 0.328 e. The van der Waals surface area contributed by atoms with Crippen molar-refractivity contribution in [1.29, 1.82) is 0 Å². The molecule has 6 heteroatoms. The van der Waals surface area contributed by atoms with Crippen molar-refractivity contribution in [2.24, 2.45) is 11.1 Å². The molecule has 1 amide bonds. The smallest absolute Gasteiger partial charge is 0.328 e. The summed E-state index contributed by atoms with van der Waals surface area (Å²) in [4.78, 5) is 26.8. The summed E-state index contributed by atoms with van der Waals surface area (Å²) in [6.45, 7) is 2.69. The Morgan fingerprint density at radius 3 is 2.55 bits per heavy atom. The number of ether oxygens (including phenoxy) is 1. The maximum absolute atomic E-state index is 12.8. The van der Waals surface area contributed by atoms with Crippen LogP contribution in [0.15, 0.2) is 0 Å². The molecule has 5 nitrogen and oxygen atoms in total. The normalized spacial score (nSPS) is 24.6. The molecule has 112 valence electrons. The van der Waals surface area contributed by atoms with Crippen molar-refractivity contribution in [3.05, 3.63) is 0 Å². The zero-order valence-corrected chi connectivity index (χ0v) is 12.7. The van der Waals surface area contributed by atoms with Gasteiger partial charge in [-0.3, -0.25) is 4.79 Å². The molecule has 1 atom stereocenters. The predicted octanol–water partition coefficient (Wildman–Crippen LogP) is 1.39. The molecule has 2 rings (SSSR count). The summed E-state index contributed by atoms with van der Waals surface area (Å²) in [5.41, 5.74) is 5.08. The van der Waals surface area contributed by atoms with Gasteiger partial charge in [-0.25, -0.2) is 4.79 Å². The van der Waals surface area contributed by atoms with Crippen LogP contribution in [0.25, 0.3) is 0 Å². The molecule has 2 fully saturated rings. The lowest BCUT2D eigenvalue weighted by molar-refractivity contribution is -0.160. The molecule has 1 unspecified atom stereocenters. The molecule has 2 aliphatic rings. The van der Waals surface area contributed by atoms with Gasteiger partial charge in [-0.15, -0.1) is 0 Å². The van der Waals surface area contributed by atoms with E-state index in [4.69, 9.17) is 22.7 Å². The largest absolute Gasteiger partial charge is 0.464 e. The van der Waals surface area contributed by atoms with Crippen molar-refractivity contribution in [3.63, 3.8) is 0 Å². The van der Waals surface area contributed by atoms with E-state index < -0.39 is 11.5 Å². The molecule has 2 N–H and O–H groups in total. The van der Waals surface area contributed by atoms with Crippen molar-refractivity contribution in [2.75, 3.05) is 13.2 Å². The molecule has 0 aromatic heterocycles. The molecular weight excluding hydrogens is 276 g/mol. The second-order valence-electron chi connectivity index (χ2n) is 5.56. The summed E-state index contributed by atoms with van der Waals surface area (Å²) in [5.74, 6) is -0.382. The molecule has 0 bridgehead atoms. The Morgan fingerprint density at radius 2 is 2.05 bits per heavy atom. The van der Waals surface area contributed by atoms with Crippen molar-refractivity contribution in [3.8, 4) is 0 Å². The summed E-state index contributed by atoms with van der Waals surface area (Å²) in [6, 6.07) is -0.469. The van der Waals surface area contributed by atoms with Crippen LogP contribution in [0.2, 0.25) is 0 Å². The number of likely N-dealkylation sites (tertiary alicyclic amines) is 1. The van der Waals surface area contributed by atoms with Crippen LogP contribution in [0.4, 0.5) is 0 Å². The van der Waals surface area contributed by atoms with Crippen LogP contribution in [0.5, 0.6) is 0 Å². The monoisotopic (exact) mass is 298 g/mol. The first-order valence-corrected chi connectivity index (χ1v) is 7.71. The summed E-state index contributed by atoms with van der Waals surface area (Å²) in [6.07, 6.45) is 4.88. The number of esters is 1. The van der Waals surface area contributed by atoms with E-state index >= 15 is 0 Å². The highest BCUT2D eigenvalue weighted by Gasteiger charge is 2.51.